The molecular weight excluding hydrogens is 327 g/mol. The second kappa shape index (κ2) is 7.37. The molecule has 0 spiro atoms. The summed E-state index contributed by atoms with van der Waals surface area (Å²) in [6, 6.07) is 7.80. The summed E-state index contributed by atoms with van der Waals surface area (Å²) in [6.45, 7) is 4.39. The van der Waals surface area contributed by atoms with Gasteiger partial charge in [0.15, 0.2) is 0 Å². The van der Waals surface area contributed by atoms with E-state index in [1.54, 1.807) is 6.07 Å². The van der Waals surface area contributed by atoms with Gasteiger partial charge in [-0.25, -0.2) is 0 Å². The number of pyridine rings is 1. The van der Waals surface area contributed by atoms with Crippen molar-refractivity contribution in [2.75, 3.05) is 18.0 Å². The number of aromatic nitrogens is 1. The van der Waals surface area contributed by atoms with Crippen LogP contribution in [0.2, 0.25) is 10.0 Å². The van der Waals surface area contributed by atoms with Gasteiger partial charge in [0.25, 0.3) is 0 Å². The highest BCUT2D eigenvalue weighted by atomic mass is 35.5. The number of rotatable bonds is 3. The molecule has 0 bridgehead atoms. The van der Waals surface area contributed by atoms with Crippen molar-refractivity contribution >= 4 is 41.0 Å². The van der Waals surface area contributed by atoms with Crippen molar-refractivity contribution in [3.8, 4) is 0 Å². The zero-order valence-corrected chi connectivity index (χ0v) is 14.7. The van der Waals surface area contributed by atoms with Crippen LogP contribution in [0, 0.1) is 6.92 Å². The highest BCUT2D eigenvalue weighted by molar-refractivity contribution is 6.42. The standard InChI is InChI=1S/C19H20Cl2N2/c1-14-13-22-16(12-18(14)23-10-3-2-4-11-23)9-8-15-6-5-7-17(20)19(15)21/h5-9,12-13H,2-4,10-11H2,1H3/b9-8-. The Kier molecular flexibility index (Phi) is 5.24. The minimum absolute atomic E-state index is 0.569. The molecule has 3 rings (SSSR count). The van der Waals surface area contributed by atoms with E-state index in [9.17, 15) is 0 Å². The first-order chi connectivity index (χ1) is 11.1. The normalized spacial score (nSPS) is 15.3. The van der Waals surface area contributed by atoms with E-state index in [0.717, 1.165) is 24.3 Å². The average Bonchev–Trinajstić information content (AvgIpc) is 2.58. The van der Waals surface area contributed by atoms with Crippen LogP contribution >= 0.6 is 23.2 Å². The third kappa shape index (κ3) is 3.88. The molecule has 1 aromatic carbocycles. The van der Waals surface area contributed by atoms with Crippen LogP contribution in [-0.4, -0.2) is 18.1 Å². The van der Waals surface area contributed by atoms with Crippen molar-refractivity contribution in [2.45, 2.75) is 26.2 Å². The topological polar surface area (TPSA) is 16.1 Å². The highest BCUT2D eigenvalue weighted by Gasteiger charge is 2.13. The molecule has 1 aliphatic rings. The Bertz CT molecular complexity index is 719. The van der Waals surface area contributed by atoms with Crippen molar-refractivity contribution in [1.82, 2.24) is 4.98 Å². The van der Waals surface area contributed by atoms with Gasteiger partial charge < -0.3 is 4.90 Å². The molecule has 0 radical (unpaired) electrons. The molecule has 0 unspecified atom stereocenters. The lowest BCUT2D eigenvalue weighted by Crippen LogP contribution is -2.30. The van der Waals surface area contributed by atoms with Crippen molar-refractivity contribution in [3.05, 3.63) is 57.3 Å². The molecule has 0 saturated carbocycles. The van der Waals surface area contributed by atoms with Crippen LogP contribution in [0.1, 0.15) is 36.1 Å². The first kappa shape index (κ1) is 16.4. The predicted molar refractivity (Wildman–Crippen MR) is 100 cm³/mol. The molecule has 1 aromatic heterocycles. The van der Waals surface area contributed by atoms with E-state index < -0.39 is 0 Å². The number of halogens is 2. The van der Waals surface area contributed by atoms with Gasteiger partial charge in [-0.05, 0) is 55.5 Å². The number of piperidine rings is 1. The van der Waals surface area contributed by atoms with Crippen LogP contribution in [0.25, 0.3) is 12.2 Å². The zero-order valence-electron chi connectivity index (χ0n) is 13.2. The fraction of sp³-hybridized carbons (Fsp3) is 0.316. The van der Waals surface area contributed by atoms with Gasteiger partial charge >= 0.3 is 0 Å². The molecular formula is C19H20Cl2N2. The van der Waals surface area contributed by atoms with E-state index in [2.05, 4.69) is 22.9 Å². The molecule has 23 heavy (non-hydrogen) atoms. The van der Waals surface area contributed by atoms with E-state index >= 15 is 0 Å². The van der Waals surface area contributed by atoms with E-state index in [4.69, 9.17) is 23.2 Å². The van der Waals surface area contributed by atoms with Crippen LogP contribution in [0.5, 0.6) is 0 Å². The van der Waals surface area contributed by atoms with Crippen LogP contribution in [-0.2, 0) is 0 Å². The minimum atomic E-state index is 0.569. The largest absolute Gasteiger partial charge is 0.371 e. The van der Waals surface area contributed by atoms with Crippen molar-refractivity contribution in [1.29, 1.82) is 0 Å². The summed E-state index contributed by atoms with van der Waals surface area (Å²) in [4.78, 5) is 6.97. The minimum Gasteiger partial charge on any atom is -0.371 e. The Morgan fingerprint density at radius 2 is 1.87 bits per heavy atom. The molecule has 0 amide bonds. The lowest BCUT2D eigenvalue weighted by atomic mass is 10.1. The number of aryl methyl sites for hydroxylation is 1. The molecule has 1 aliphatic heterocycles. The second-order valence-electron chi connectivity index (χ2n) is 5.92. The Labute approximate surface area is 147 Å². The molecule has 1 saturated heterocycles. The van der Waals surface area contributed by atoms with E-state index in [-0.39, 0.29) is 0 Å². The smallest absolute Gasteiger partial charge is 0.0664 e. The first-order valence-corrected chi connectivity index (χ1v) is 8.74. The first-order valence-electron chi connectivity index (χ1n) is 7.99. The number of anilines is 1. The molecule has 2 heterocycles. The SMILES string of the molecule is Cc1cnc(/C=C\c2cccc(Cl)c2Cl)cc1N1CCCCC1. The monoisotopic (exact) mass is 346 g/mol. The van der Waals surface area contributed by atoms with E-state index in [1.807, 2.05) is 30.5 Å². The Morgan fingerprint density at radius 1 is 1.09 bits per heavy atom. The van der Waals surface area contributed by atoms with Crippen molar-refractivity contribution < 1.29 is 0 Å². The number of benzene rings is 1. The van der Waals surface area contributed by atoms with Gasteiger partial charge in [-0.1, -0.05) is 41.4 Å². The van der Waals surface area contributed by atoms with Crippen molar-refractivity contribution in [2.24, 2.45) is 0 Å². The second-order valence-corrected chi connectivity index (χ2v) is 6.70. The third-order valence-electron chi connectivity index (χ3n) is 4.21. The summed E-state index contributed by atoms with van der Waals surface area (Å²) in [5.41, 5.74) is 4.36. The maximum Gasteiger partial charge on any atom is 0.0664 e. The van der Waals surface area contributed by atoms with Crippen molar-refractivity contribution in [3.63, 3.8) is 0 Å². The highest BCUT2D eigenvalue weighted by Crippen LogP contribution is 2.28. The average molecular weight is 347 g/mol. The lowest BCUT2D eigenvalue weighted by molar-refractivity contribution is 0.577. The third-order valence-corrected chi connectivity index (χ3v) is 5.04. The molecule has 4 heteroatoms. The van der Waals surface area contributed by atoms with Crippen LogP contribution in [0.3, 0.4) is 0 Å². The molecule has 1 fully saturated rings. The molecule has 0 N–H and O–H groups in total. The summed E-state index contributed by atoms with van der Waals surface area (Å²) in [6.07, 6.45) is 9.77. The zero-order chi connectivity index (χ0) is 16.2. The Hall–Kier alpha value is -1.51. The maximum atomic E-state index is 6.23. The molecule has 0 aliphatic carbocycles. The molecule has 0 atom stereocenters. The summed E-state index contributed by atoms with van der Waals surface area (Å²) < 4.78 is 0. The van der Waals surface area contributed by atoms with Gasteiger partial charge in [0.1, 0.15) is 0 Å². The molecule has 120 valence electrons. The van der Waals surface area contributed by atoms with Gasteiger partial charge in [-0.15, -0.1) is 0 Å². The Balaban J connectivity index is 1.85. The molecule has 2 aromatic rings. The lowest BCUT2D eigenvalue weighted by Gasteiger charge is -2.30. The van der Waals surface area contributed by atoms with Crippen LogP contribution in [0.4, 0.5) is 5.69 Å². The van der Waals surface area contributed by atoms with Crippen LogP contribution in [0.15, 0.2) is 30.5 Å². The molecule has 2 nitrogen and oxygen atoms in total. The van der Waals surface area contributed by atoms with E-state index in [0.29, 0.717) is 10.0 Å². The predicted octanol–water partition coefficient (Wildman–Crippen LogP) is 5.86. The number of hydrogen-bond acceptors (Lipinski definition) is 2. The summed E-state index contributed by atoms with van der Waals surface area (Å²) in [5.74, 6) is 0. The fourth-order valence-electron chi connectivity index (χ4n) is 2.92. The van der Waals surface area contributed by atoms with Crippen LogP contribution < -0.4 is 4.90 Å². The fourth-order valence-corrected chi connectivity index (χ4v) is 3.29. The quantitative estimate of drug-likeness (QED) is 0.691. The van der Waals surface area contributed by atoms with Gasteiger partial charge in [0, 0.05) is 25.0 Å². The summed E-state index contributed by atoms with van der Waals surface area (Å²) in [5, 5.41) is 1.15. The Morgan fingerprint density at radius 3 is 2.65 bits per heavy atom. The van der Waals surface area contributed by atoms with Gasteiger partial charge in [-0.3, -0.25) is 4.98 Å². The van der Waals surface area contributed by atoms with Gasteiger partial charge in [-0.2, -0.15) is 0 Å². The van der Waals surface area contributed by atoms with E-state index in [1.165, 1.54) is 30.5 Å². The number of nitrogens with zero attached hydrogens (tertiary/aromatic N) is 2. The van der Waals surface area contributed by atoms with Gasteiger partial charge in [0.2, 0.25) is 0 Å². The maximum absolute atomic E-state index is 6.23. The number of hydrogen-bond donors (Lipinski definition) is 0. The summed E-state index contributed by atoms with van der Waals surface area (Å²) in [7, 11) is 0. The van der Waals surface area contributed by atoms with Gasteiger partial charge in [0.05, 0.1) is 15.7 Å². The summed E-state index contributed by atoms with van der Waals surface area (Å²) >= 11 is 12.3.